The van der Waals surface area contributed by atoms with Crippen LogP contribution in [0.3, 0.4) is 0 Å². The maximum Gasteiger partial charge on any atom is 0.00990 e. The van der Waals surface area contributed by atoms with Gasteiger partial charge in [0.2, 0.25) is 0 Å². The van der Waals surface area contributed by atoms with E-state index in [-0.39, 0.29) is 5.54 Å². The molecule has 1 rings (SSSR count). The van der Waals surface area contributed by atoms with Crippen LogP contribution in [-0.2, 0) is 0 Å². The molecule has 0 aromatic heterocycles. The summed E-state index contributed by atoms with van der Waals surface area (Å²) in [5.41, 5.74) is 5.92. The van der Waals surface area contributed by atoms with Crippen molar-refractivity contribution in [3.63, 3.8) is 0 Å². The number of nitrogens with two attached hydrogens (primary N) is 1. The summed E-state index contributed by atoms with van der Waals surface area (Å²) >= 11 is 0. The average Bonchev–Trinajstić information content (AvgIpc) is 2.03. The van der Waals surface area contributed by atoms with Gasteiger partial charge >= 0.3 is 0 Å². The molecule has 1 aliphatic carbocycles. The highest BCUT2D eigenvalue weighted by Crippen LogP contribution is 2.24. The fourth-order valence-electron chi connectivity index (χ4n) is 2.15. The first kappa shape index (κ1) is 11.0. The molecule has 0 radical (unpaired) electrons. The highest BCUT2D eigenvalue weighted by molar-refractivity contribution is 4.82. The molecule has 1 saturated carbocycles. The molecule has 0 aliphatic heterocycles. The van der Waals surface area contributed by atoms with Crippen LogP contribution >= 0.6 is 0 Å². The third kappa shape index (κ3) is 4.10. The van der Waals surface area contributed by atoms with Gasteiger partial charge in [-0.15, -0.1) is 0 Å². The molecule has 0 spiro atoms. The summed E-state index contributed by atoms with van der Waals surface area (Å²) in [5, 5.41) is 3.66. The molecule has 0 saturated heterocycles. The summed E-state index contributed by atoms with van der Waals surface area (Å²) < 4.78 is 0. The number of hydrogen-bond donors (Lipinski definition) is 2. The molecule has 3 N–H and O–H groups in total. The fraction of sp³-hybridized carbons (Fsp3) is 1.00. The fourth-order valence-corrected chi connectivity index (χ4v) is 2.15. The molecule has 78 valence electrons. The molecule has 0 heterocycles. The Balaban J connectivity index is 2.25. The van der Waals surface area contributed by atoms with E-state index in [2.05, 4.69) is 26.1 Å². The first-order chi connectivity index (χ1) is 6.01. The van der Waals surface area contributed by atoms with Crippen LogP contribution in [0.2, 0.25) is 0 Å². The molecule has 0 bridgehead atoms. The molecule has 13 heavy (non-hydrogen) atoms. The maximum absolute atomic E-state index is 5.66. The van der Waals surface area contributed by atoms with Crippen molar-refractivity contribution >= 4 is 0 Å². The van der Waals surface area contributed by atoms with Crippen molar-refractivity contribution in [2.24, 2.45) is 11.7 Å². The molecular formula is C11H24N2. The Labute approximate surface area is 82.3 Å². The van der Waals surface area contributed by atoms with Crippen molar-refractivity contribution in [3.05, 3.63) is 0 Å². The quantitative estimate of drug-likeness (QED) is 0.688. The van der Waals surface area contributed by atoms with Gasteiger partial charge in [0.25, 0.3) is 0 Å². The van der Waals surface area contributed by atoms with E-state index in [1.54, 1.807) is 0 Å². The Hall–Kier alpha value is -0.0800. The second-order valence-electron chi connectivity index (χ2n) is 5.35. The lowest BCUT2D eigenvalue weighted by molar-refractivity contribution is 0.253. The van der Waals surface area contributed by atoms with Crippen LogP contribution in [0, 0.1) is 5.92 Å². The average molecular weight is 184 g/mol. The topological polar surface area (TPSA) is 38.0 Å². The van der Waals surface area contributed by atoms with Gasteiger partial charge in [-0.25, -0.2) is 0 Å². The van der Waals surface area contributed by atoms with Crippen molar-refractivity contribution in [1.29, 1.82) is 0 Å². The summed E-state index contributed by atoms with van der Waals surface area (Å²) in [6.07, 6.45) is 5.23. The minimum Gasteiger partial charge on any atom is -0.330 e. The lowest BCUT2D eigenvalue weighted by Gasteiger charge is -2.33. The summed E-state index contributed by atoms with van der Waals surface area (Å²) in [6.45, 7) is 7.59. The smallest absolute Gasteiger partial charge is 0.00990 e. The Morgan fingerprint density at radius 2 is 1.69 bits per heavy atom. The van der Waals surface area contributed by atoms with E-state index in [1.807, 2.05) is 0 Å². The van der Waals surface area contributed by atoms with Crippen molar-refractivity contribution in [2.75, 3.05) is 6.54 Å². The number of nitrogens with one attached hydrogen (secondary N) is 1. The summed E-state index contributed by atoms with van der Waals surface area (Å²) in [6, 6.07) is 0.725. The lowest BCUT2D eigenvalue weighted by Crippen LogP contribution is -2.45. The van der Waals surface area contributed by atoms with Gasteiger partial charge in [0.05, 0.1) is 0 Å². The minimum absolute atomic E-state index is 0.264. The molecule has 1 aliphatic rings. The Morgan fingerprint density at radius 3 is 2.08 bits per heavy atom. The van der Waals surface area contributed by atoms with Crippen LogP contribution in [-0.4, -0.2) is 18.1 Å². The Morgan fingerprint density at radius 1 is 1.15 bits per heavy atom. The Kier molecular flexibility index (Phi) is 3.74. The van der Waals surface area contributed by atoms with Gasteiger partial charge in [0.1, 0.15) is 0 Å². The summed E-state index contributed by atoms with van der Waals surface area (Å²) in [5.74, 6) is 0.790. The van der Waals surface area contributed by atoms with Gasteiger partial charge in [-0.1, -0.05) is 0 Å². The van der Waals surface area contributed by atoms with Crippen molar-refractivity contribution < 1.29 is 0 Å². The zero-order valence-electron chi connectivity index (χ0n) is 9.27. The van der Waals surface area contributed by atoms with E-state index < -0.39 is 0 Å². The van der Waals surface area contributed by atoms with E-state index >= 15 is 0 Å². The van der Waals surface area contributed by atoms with E-state index in [9.17, 15) is 0 Å². The van der Waals surface area contributed by atoms with Crippen LogP contribution in [0.4, 0.5) is 0 Å². The second kappa shape index (κ2) is 4.43. The van der Waals surface area contributed by atoms with E-state index in [0.29, 0.717) is 0 Å². The molecular weight excluding hydrogens is 160 g/mol. The van der Waals surface area contributed by atoms with Crippen LogP contribution in [0.5, 0.6) is 0 Å². The third-order valence-electron chi connectivity index (χ3n) is 2.82. The van der Waals surface area contributed by atoms with Crippen molar-refractivity contribution in [2.45, 2.75) is 58.0 Å². The van der Waals surface area contributed by atoms with Gasteiger partial charge in [-0.05, 0) is 58.9 Å². The third-order valence-corrected chi connectivity index (χ3v) is 2.82. The Bertz CT molecular complexity index is 141. The zero-order chi connectivity index (χ0) is 9.90. The summed E-state index contributed by atoms with van der Waals surface area (Å²) in [7, 11) is 0. The van der Waals surface area contributed by atoms with E-state index in [0.717, 1.165) is 18.5 Å². The molecule has 0 amide bonds. The van der Waals surface area contributed by atoms with Gasteiger partial charge in [0, 0.05) is 11.6 Å². The highest BCUT2D eigenvalue weighted by Gasteiger charge is 2.23. The van der Waals surface area contributed by atoms with Crippen molar-refractivity contribution in [3.8, 4) is 0 Å². The monoisotopic (exact) mass is 184 g/mol. The van der Waals surface area contributed by atoms with Crippen LogP contribution in [0.1, 0.15) is 46.5 Å². The molecule has 2 nitrogen and oxygen atoms in total. The largest absolute Gasteiger partial charge is 0.330 e. The molecule has 2 heteroatoms. The van der Waals surface area contributed by atoms with Gasteiger partial charge in [0.15, 0.2) is 0 Å². The lowest BCUT2D eigenvalue weighted by atomic mass is 9.85. The van der Waals surface area contributed by atoms with Crippen molar-refractivity contribution in [1.82, 2.24) is 5.32 Å². The van der Waals surface area contributed by atoms with Crippen LogP contribution in [0.25, 0.3) is 0 Å². The predicted molar refractivity (Wildman–Crippen MR) is 57.7 cm³/mol. The zero-order valence-corrected chi connectivity index (χ0v) is 9.27. The normalized spacial score (nSPS) is 30.5. The highest BCUT2D eigenvalue weighted by atomic mass is 15.0. The van der Waals surface area contributed by atoms with Crippen LogP contribution in [0.15, 0.2) is 0 Å². The standard InChI is InChI=1S/C11H24N2/c1-11(2,3)13-10-6-4-9(8-12)5-7-10/h9-10,13H,4-8,12H2,1-3H3/t9-,10+. The molecule has 0 atom stereocenters. The molecule has 0 aromatic carbocycles. The minimum atomic E-state index is 0.264. The first-order valence-electron chi connectivity index (χ1n) is 5.49. The second-order valence-corrected chi connectivity index (χ2v) is 5.35. The van der Waals surface area contributed by atoms with E-state index in [4.69, 9.17) is 5.73 Å². The summed E-state index contributed by atoms with van der Waals surface area (Å²) in [4.78, 5) is 0. The van der Waals surface area contributed by atoms with Crippen LogP contribution < -0.4 is 11.1 Å². The molecule has 0 aromatic rings. The van der Waals surface area contributed by atoms with Gasteiger partial charge in [-0.3, -0.25) is 0 Å². The van der Waals surface area contributed by atoms with E-state index in [1.165, 1.54) is 25.7 Å². The SMILES string of the molecule is CC(C)(C)N[C@H]1CC[C@@H](CN)CC1. The number of hydrogen-bond acceptors (Lipinski definition) is 2. The number of rotatable bonds is 2. The molecule has 0 unspecified atom stereocenters. The molecule has 1 fully saturated rings. The maximum atomic E-state index is 5.66. The van der Waals surface area contributed by atoms with Gasteiger partial charge < -0.3 is 11.1 Å². The predicted octanol–water partition coefficient (Wildman–Crippen LogP) is 1.89. The van der Waals surface area contributed by atoms with Gasteiger partial charge in [-0.2, -0.15) is 0 Å². The first-order valence-corrected chi connectivity index (χ1v) is 5.49.